The normalized spacial score (nSPS) is 22.0. The van der Waals surface area contributed by atoms with Gasteiger partial charge in [0.15, 0.2) is 4.21 Å². The van der Waals surface area contributed by atoms with Crippen LogP contribution in [0, 0.1) is 6.92 Å². The second-order valence-electron chi connectivity index (χ2n) is 3.61. The number of rotatable bonds is 2. The zero-order chi connectivity index (χ0) is 11.1. The Morgan fingerprint density at radius 1 is 1.62 bits per heavy atom. The van der Waals surface area contributed by atoms with Gasteiger partial charge in [0.25, 0.3) is 10.0 Å². The zero-order valence-corrected chi connectivity index (χ0v) is 11.2. The number of hydrogen-bond donors (Lipinski definition) is 1. The fourth-order valence-electron chi connectivity index (χ4n) is 1.56. The lowest BCUT2D eigenvalue weighted by Crippen LogP contribution is -2.31. The van der Waals surface area contributed by atoms with Crippen molar-refractivity contribution in [3.63, 3.8) is 0 Å². The number of aromatic nitrogens is 1. The Morgan fingerprint density at radius 3 is 2.75 bits per heavy atom. The molecule has 1 fully saturated rings. The molecule has 0 unspecified atom stereocenters. The van der Waals surface area contributed by atoms with Crippen LogP contribution in [0.5, 0.6) is 0 Å². The first kappa shape index (κ1) is 13.9. The molecule has 0 amide bonds. The van der Waals surface area contributed by atoms with Crippen LogP contribution in [-0.2, 0) is 10.0 Å². The molecule has 1 aromatic heterocycles. The fraction of sp³-hybridized carbons (Fsp3) is 0.625. The van der Waals surface area contributed by atoms with Crippen molar-refractivity contribution in [1.29, 1.82) is 0 Å². The van der Waals surface area contributed by atoms with E-state index in [1.54, 1.807) is 6.92 Å². The van der Waals surface area contributed by atoms with Gasteiger partial charge in [-0.25, -0.2) is 13.4 Å². The van der Waals surface area contributed by atoms with E-state index in [1.165, 1.54) is 21.8 Å². The van der Waals surface area contributed by atoms with E-state index in [2.05, 4.69) is 4.98 Å². The van der Waals surface area contributed by atoms with Crippen LogP contribution in [-0.4, -0.2) is 36.8 Å². The van der Waals surface area contributed by atoms with E-state index in [1.807, 2.05) is 0 Å². The molecule has 1 aliphatic heterocycles. The summed E-state index contributed by atoms with van der Waals surface area (Å²) >= 11 is 1.20. The van der Waals surface area contributed by atoms with Gasteiger partial charge in [0.05, 0.1) is 11.2 Å². The standard InChI is InChI=1S/C8H13N3O2S2.ClH/c1-6-10-4-8(14-6)15(12,13)11-3-2-7(9)5-11;/h4,7H,2-3,5,9H2,1H3;1H/t7-;/m1./s1. The monoisotopic (exact) mass is 283 g/mol. The number of sulfonamides is 1. The maximum Gasteiger partial charge on any atom is 0.254 e. The van der Waals surface area contributed by atoms with Crippen LogP contribution in [0.15, 0.2) is 10.4 Å². The summed E-state index contributed by atoms with van der Waals surface area (Å²) in [4.78, 5) is 3.95. The Balaban J connectivity index is 0.00000128. The van der Waals surface area contributed by atoms with Crippen LogP contribution < -0.4 is 5.73 Å². The van der Waals surface area contributed by atoms with Gasteiger partial charge in [0, 0.05) is 19.1 Å². The highest BCUT2D eigenvalue weighted by Crippen LogP contribution is 2.24. The minimum atomic E-state index is -3.34. The molecule has 16 heavy (non-hydrogen) atoms. The van der Waals surface area contributed by atoms with Gasteiger partial charge in [-0.15, -0.1) is 23.7 Å². The van der Waals surface area contributed by atoms with Gasteiger partial charge >= 0.3 is 0 Å². The van der Waals surface area contributed by atoms with E-state index in [9.17, 15) is 8.42 Å². The SMILES string of the molecule is Cc1ncc(S(=O)(=O)N2CC[C@@H](N)C2)s1.Cl. The van der Waals surface area contributed by atoms with Crippen molar-refractivity contribution in [2.24, 2.45) is 5.73 Å². The second-order valence-corrected chi connectivity index (χ2v) is 7.01. The highest BCUT2D eigenvalue weighted by molar-refractivity contribution is 7.91. The molecule has 1 atom stereocenters. The van der Waals surface area contributed by atoms with Crippen LogP contribution in [0.2, 0.25) is 0 Å². The maximum absolute atomic E-state index is 12.0. The Kier molecular flexibility index (Phi) is 4.30. The molecule has 0 bridgehead atoms. The van der Waals surface area contributed by atoms with Crippen LogP contribution in [0.25, 0.3) is 0 Å². The number of halogens is 1. The molecular formula is C8H14ClN3O2S2. The lowest BCUT2D eigenvalue weighted by molar-refractivity contribution is 0.474. The Labute approximate surface area is 105 Å². The Bertz CT molecular complexity index is 460. The van der Waals surface area contributed by atoms with Crippen LogP contribution >= 0.6 is 23.7 Å². The van der Waals surface area contributed by atoms with Gasteiger partial charge in [0.1, 0.15) is 0 Å². The number of thiazole rings is 1. The minimum absolute atomic E-state index is 0. The third kappa shape index (κ3) is 2.54. The Hall–Kier alpha value is -0.210. The molecule has 8 heteroatoms. The number of nitrogens with zero attached hydrogens (tertiary/aromatic N) is 2. The van der Waals surface area contributed by atoms with Gasteiger partial charge in [-0.05, 0) is 13.3 Å². The topological polar surface area (TPSA) is 76.3 Å². The van der Waals surface area contributed by atoms with Gasteiger partial charge in [-0.2, -0.15) is 4.31 Å². The quantitative estimate of drug-likeness (QED) is 0.862. The average molecular weight is 284 g/mol. The summed E-state index contributed by atoms with van der Waals surface area (Å²) in [5.74, 6) is 0. The third-order valence-electron chi connectivity index (χ3n) is 2.38. The van der Waals surface area contributed by atoms with Crippen molar-refractivity contribution in [3.05, 3.63) is 11.2 Å². The van der Waals surface area contributed by atoms with E-state index in [-0.39, 0.29) is 18.4 Å². The Morgan fingerprint density at radius 2 is 2.31 bits per heavy atom. The molecule has 1 aliphatic rings. The average Bonchev–Trinajstić information content (AvgIpc) is 2.74. The highest BCUT2D eigenvalue weighted by Gasteiger charge is 2.32. The van der Waals surface area contributed by atoms with Crippen molar-refractivity contribution in [2.45, 2.75) is 23.6 Å². The number of nitrogens with two attached hydrogens (primary N) is 1. The van der Waals surface area contributed by atoms with Gasteiger partial charge in [-0.1, -0.05) is 0 Å². The zero-order valence-electron chi connectivity index (χ0n) is 8.79. The van der Waals surface area contributed by atoms with E-state index < -0.39 is 10.0 Å². The van der Waals surface area contributed by atoms with Crippen molar-refractivity contribution >= 4 is 33.8 Å². The molecule has 0 radical (unpaired) electrons. The summed E-state index contributed by atoms with van der Waals surface area (Å²) < 4.78 is 25.8. The first-order valence-corrected chi connectivity index (χ1v) is 6.94. The van der Waals surface area contributed by atoms with Crippen molar-refractivity contribution in [3.8, 4) is 0 Å². The van der Waals surface area contributed by atoms with Gasteiger partial charge in [0.2, 0.25) is 0 Å². The summed E-state index contributed by atoms with van der Waals surface area (Å²) in [7, 11) is -3.34. The van der Waals surface area contributed by atoms with Crippen LogP contribution in [0.4, 0.5) is 0 Å². The largest absolute Gasteiger partial charge is 0.326 e. The second kappa shape index (κ2) is 4.97. The summed E-state index contributed by atoms with van der Waals surface area (Å²) in [5.41, 5.74) is 5.69. The third-order valence-corrected chi connectivity index (χ3v) is 5.60. The molecule has 2 heterocycles. The molecule has 1 aromatic rings. The lowest BCUT2D eigenvalue weighted by atomic mass is 10.3. The van der Waals surface area contributed by atoms with Gasteiger partial charge < -0.3 is 5.73 Å². The molecule has 0 saturated carbocycles. The predicted octanol–water partition coefficient (Wildman–Crippen LogP) is 0.595. The molecule has 1 saturated heterocycles. The van der Waals surface area contributed by atoms with Crippen LogP contribution in [0.1, 0.15) is 11.4 Å². The molecule has 0 aliphatic carbocycles. The van der Waals surface area contributed by atoms with Gasteiger partial charge in [-0.3, -0.25) is 0 Å². The van der Waals surface area contributed by atoms with Crippen LogP contribution in [0.3, 0.4) is 0 Å². The van der Waals surface area contributed by atoms with E-state index in [0.717, 1.165) is 11.4 Å². The number of hydrogen-bond acceptors (Lipinski definition) is 5. The summed E-state index contributed by atoms with van der Waals surface area (Å²) in [5, 5.41) is 0.761. The minimum Gasteiger partial charge on any atom is -0.326 e. The molecule has 0 aromatic carbocycles. The maximum atomic E-state index is 12.0. The van der Waals surface area contributed by atoms with Crippen molar-refractivity contribution in [1.82, 2.24) is 9.29 Å². The molecule has 5 nitrogen and oxygen atoms in total. The van der Waals surface area contributed by atoms with E-state index in [4.69, 9.17) is 5.73 Å². The lowest BCUT2D eigenvalue weighted by Gasteiger charge is -2.13. The first-order valence-electron chi connectivity index (χ1n) is 4.68. The molecule has 92 valence electrons. The van der Waals surface area contributed by atoms with Crippen molar-refractivity contribution in [2.75, 3.05) is 13.1 Å². The summed E-state index contributed by atoms with van der Waals surface area (Å²) in [6, 6.07) is -0.0335. The molecule has 2 rings (SSSR count). The fourth-order valence-corrected chi connectivity index (χ4v) is 4.34. The van der Waals surface area contributed by atoms with Crippen molar-refractivity contribution < 1.29 is 8.42 Å². The highest BCUT2D eigenvalue weighted by atomic mass is 35.5. The van der Waals surface area contributed by atoms with E-state index >= 15 is 0 Å². The molecule has 2 N–H and O–H groups in total. The summed E-state index contributed by atoms with van der Waals surface area (Å²) in [6.45, 7) is 2.72. The number of aryl methyl sites for hydroxylation is 1. The molecular weight excluding hydrogens is 270 g/mol. The summed E-state index contributed by atoms with van der Waals surface area (Å²) in [6.07, 6.45) is 2.15. The molecule has 0 spiro atoms. The smallest absolute Gasteiger partial charge is 0.254 e. The van der Waals surface area contributed by atoms with E-state index in [0.29, 0.717) is 17.3 Å². The first-order chi connectivity index (χ1) is 7.00. The predicted molar refractivity (Wildman–Crippen MR) is 65.5 cm³/mol.